The lowest BCUT2D eigenvalue weighted by Crippen LogP contribution is -2.28. The summed E-state index contributed by atoms with van der Waals surface area (Å²) in [6.45, 7) is 1.93. The maximum atomic E-state index is 12.2. The molecule has 0 radical (unpaired) electrons. The SMILES string of the molecule is CC(NC(=O)CSc1nncn1-c1ccccc1)c1cccc(Cl)c1. The van der Waals surface area contributed by atoms with Gasteiger partial charge in [-0.05, 0) is 36.8 Å². The molecule has 0 aliphatic carbocycles. The first-order chi connectivity index (χ1) is 12.1. The van der Waals surface area contributed by atoms with E-state index in [0.29, 0.717) is 10.2 Å². The van der Waals surface area contributed by atoms with Crippen LogP contribution in [0, 0.1) is 0 Å². The molecule has 7 heteroatoms. The molecule has 2 aromatic carbocycles. The number of benzene rings is 2. The van der Waals surface area contributed by atoms with Gasteiger partial charge in [0, 0.05) is 10.7 Å². The zero-order valence-electron chi connectivity index (χ0n) is 13.6. The second-order valence-electron chi connectivity index (χ2n) is 5.45. The number of halogens is 1. The van der Waals surface area contributed by atoms with Crippen LogP contribution in [0.25, 0.3) is 5.69 Å². The highest BCUT2D eigenvalue weighted by Gasteiger charge is 2.13. The summed E-state index contributed by atoms with van der Waals surface area (Å²) in [6, 6.07) is 17.1. The number of hydrogen-bond acceptors (Lipinski definition) is 4. The first kappa shape index (κ1) is 17.5. The average Bonchev–Trinajstić information content (AvgIpc) is 3.09. The third-order valence-electron chi connectivity index (χ3n) is 3.61. The van der Waals surface area contributed by atoms with E-state index in [-0.39, 0.29) is 17.7 Å². The van der Waals surface area contributed by atoms with E-state index in [2.05, 4.69) is 15.5 Å². The maximum absolute atomic E-state index is 12.2. The topological polar surface area (TPSA) is 59.8 Å². The molecular formula is C18H17ClN4OS. The molecule has 1 N–H and O–H groups in total. The Bertz CT molecular complexity index is 853. The van der Waals surface area contributed by atoms with Crippen LogP contribution in [0.2, 0.25) is 5.02 Å². The van der Waals surface area contributed by atoms with E-state index < -0.39 is 0 Å². The van der Waals surface area contributed by atoms with Gasteiger partial charge < -0.3 is 5.32 Å². The molecule has 1 aromatic heterocycles. The Morgan fingerprint density at radius 3 is 2.80 bits per heavy atom. The minimum Gasteiger partial charge on any atom is -0.349 e. The van der Waals surface area contributed by atoms with Gasteiger partial charge in [0.15, 0.2) is 5.16 Å². The fourth-order valence-corrected chi connectivity index (χ4v) is 3.30. The lowest BCUT2D eigenvalue weighted by molar-refractivity contribution is -0.119. The molecule has 1 unspecified atom stereocenters. The van der Waals surface area contributed by atoms with Crippen molar-refractivity contribution in [2.24, 2.45) is 0 Å². The van der Waals surface area contributed by atoms with Gasteiger partial charge in [0.25, 0.3) is 0 Å². The van der Waals surface area contributed by atoms with Gasteiger partial charge in [-0.2, -0.15) is 0 Å². The number of para-hydroxylation sites is 1. The summed E-state index contributed by atoms with van der Waals surface area (Å²) in [7, 11) is 0. The van der Waals surface area contributed by atoms with Crippen LogP contribution in [0.15, 0.2) is 66.1 Å². The molecule has 0 saturated carbocycles. The Morgan fingerprint density at radius 1 is 1.24 bits per heavy atom. The number of carbonyl (C=O) groups is 1. The van der Waals surface area contributed by atoms with E-state index in [0.717, 1.165) is 11.3 Å². The molecule has 1 atom stereocenters. The zero-order chi connectivity index (χ0) is 17.6. The number of nitrogens with zero attached hydrogens (tertiary/aromatic N) is 3. The molecule has 1 heterocycles. The molecule has 0 aliphatic heterocycles. The van der Waals surface area contributed by atoms with Crippen molar-refractivity contribution in [1.29, 1.82) is 0 Å². The predicted molar refractivity (Wildman–Crippen MR) is 100 cm³/mol. The molecule has 0 fully saturated rings. The van der Waals surface area contributed by atoms with E-state index >= 15 is 0 Å². The highest BCUT2D eigenvalue weighted by Crippen LogP contribution is 2.20. The van der Waals surface area contributed by atoms with Crippen molar-refractivity contribution in [3.63, 3.8) is 0 Å². The molecule has 0 saturated heterocycles. The van der Waals surface area contributed by atoms with Crippen molar-refractivity contribution < 1.29 is 4.79 Å². The minimum absolute atomic E-state index is 0.0694. The summed E-state index contributed by atoms with van der Waals surface area (Å²) >= 11 is 7.34. The molecule has 128 valence electrons. The van der Waals surface area contributed by atoms with E-state index in [1.807, 2.05) is 66.1 Å². The molecule has 1 amide bonds. The fraction of sp³-hybridized carbons (Fsp3) is 0.167. The van der Waals surface area contributed by atoms with Gasteiger partial charge in [0.2, 0.25) is 5.91 Å². The number of thioether (sulfide) groups is 1. The molecule has 0 aliphatic rings. The average molecular weight is 373 g/mol. The third kappa shape index (κ3) is 4.61. The number of amides is 1. The summed E-state index contributed by atoms with van der Waals surface area (Å²) < 4.78 is 1.86. The molecule has 3 aromatic rings. The molecule has 0 bridgehead atoms. The normalized spacial score (nSPS) is 11.9. The van der Waals surface area contributed by atoms with Gasteiger partial charge in [-0.25, -0.2) is 0 Å². The van der Waals surface area contributed by atoms with Crippen LogP contribution in [0.5, 0.6) is 0 Å². The van der Waals surface area contributed by atoms with Crippen molar-refractivity contribution in [3.05, 3.63) is 71.5 Å². The van der Waals surface area contributed by atoms with Gasteiger partial charge in [-0.15, -0.1) is 10.2 Å². The molecule has 5 nitrogen and oxygen atoms in total. The van der Waals surface area contributed by atoms with Gasteiger partial charge in [0.05, 0.1) is 11.8 Å². The largest absolute Gasteiger partial charge is 0.349 e. The molecule has 0 spiro atoms. The van der Waals surface area contributed by atoms with Crippen molar-refractivity contribution in [1.82, 2.24) is 20.1 Å². The predicted octanol–water partition coefficient (Wildman–Crippen LogP) is 3.89. The number of carbonyl (C=O) groups excluding carboxylic acids is 1. The summed E-state index contributed by atoms with van der Waals surface area (Å²) in [5.74, 6) is 0.191. The van der Waals surface area contributed by atoms with Gasteiger partial charge in [0.1, 0.15) is 6.33 Å². The highest BCUT2D eigenvalue weighted by atomic mass is 35.5. The smallest absolute Gasteiger partial charge is 0.230 e. The van der Waals surface area contributed by atoms with Crippen molar-refractivity contribution in [2.75, 3.05) is 5.75 Å². The Kier molecular flexibility index (Phi) is 5.73. The molecule has 25 heavy (non-hydrogen) atoms. The number of rotatable bonds is 6. The van der Waals surface area contributed by atoms with E-state index in [1.54, 1.807) is 6.33 Å². The lowest BCUT2D eigenvalue weighted by Gasteiger charge is -2.14. The minimum atomic E-state index is -0.112. The zero-order valence-corrected chi connectivity index (χ0v) is 15.2. The monoisotopic (exact) mass is 372 g/mol. The van der Waals surface area contributed by atoms with Crippen LogP contribution in [0.3, 0.4) is 0 Å². The molecular weight excluding hydrogens is 356 g/mol. The van der Waals surface area contributed by atoms with E-state index in [4.69, 9.17) is 11.6 Å². The summed E-state index contributed by atoms with van der Waals surface area (Å²) in [5, 5.41) is 12.3. The number of nitrogens with one attached hydrogen (secondary N) is 1. The summed E-state index contributed by atoms with van der Waals surface area (Å²) in [5.41, 5.74) is 1.93. The van der Waals surface area contributed by atoms with Crippen LogP contribution in [-0.4, -0.2) is 26.4 Å². The van der Waals surface area contributed by atoms with Crippen molar-refractivity contribution in [2.45, 2.75) is 18.1 Å². The second-order valence-corrected chi connectivity index (χ2v) is 6.83. The van der Waals surface area contributed by atoms with Gasteiger partial charge in [-0.3, -0.25) is 9.36 Å². The fourth-order valence-electron chi connectivity index (χ4n) is 2.36. The lowest BCUT2D eigenvalue weighted by atomic mass is 10.1. The van der Waals surface area contributed by atoms with Gasteiger partial charge >= 0.3 is 0 Å². The first-order valence-corrected chi connectivity index (χ1v) is 9.13. The Morgan fingerprint density at radius 2 is 2.04 bits per heavy atom. The Labute approximate surface area is 155 Å². The van der Waals surface area contributed by atoms with Crippen LogP contribution in [-0.2, 0) is 4.79 Å². The van der Waals surface area contributed by atoms with Crippen LogP contribution in [0.4, 0.5) is 0 Å². The first-order valence-electron chi connectivity index (χ1n) is 7.76. The second kappa shape index (κ2) is 8.18. The Hall–Kier alpha value is -2.31. The van der Waals surface area contributed by atoms with E-state index in [9.17, 15) is 4.79 Å². The van der Waals surface area contributed by atoms with E-state index in [1.165, 1.54) is 11.8 Å². The summed E-state index contributed by atoms with van der Waals surface area (Å²) in [6.07, 6.45) is 1.64. The third-order valence-corrected chi connectivity index (χ3v) is 4.79. The quantitative estimate of drug-likeness (QED) is 0.667. The summed E-state index contributed by atoms with van der Waals surface area (Å²) in [4.78, 5) is 12.2. The number of hydrogen-bond donors (Lipinski definition) is 1. The van der Waals surface area contributed by atoms with Crippen LogP contribution in [0.1, 0.15) is 18.5 Å². The standard InChI is InChI=1S/C18H17ClN4OS/c1-13(14-6-5-7-15(19)10-14)21-17(24)11-25-18-22-20-12-23(18)16-8-3-2-4-9-16/h2-10,12-13H,11H2,1H3,(H,21,24). The maximum Gasteiger partial charge on any atom is 0.230 e. The number of aromatic nitrogens is 3. The van der Waals surface area contributed by atoms with Crippen molar-refractivity contribution in [3.8, 4) is 5.69 Å². The highest BCUT2D eigenvalue weighted by molar-refractivity contribution is 7.99. The van der Waals surface area contributed by atoms with Crippen LogP contribution < -0.4 is 5.32 Å². The Balaban J connectivity index is 1.59. The molecule has 3 rings (SSSR count). The van der Waals surface area contributed by atoms with Gasteiger partial charge in [-0.1, -0.05) is 53.7 Å². The van der Waals surface area contributed by atoms with Crippen LogP contribution >= 0.6 is 23.4 Å². The van der Waals surface area contributed by atoms with Crippen molar-refractivity contribution >= 4 is 29.3 Å².